The zero-order chi connectivity index (χ0) is 41.2. The zero-order valence-electron chi connectivity index (χ0n) is 35.0. The molecule has 2 aromatic heterocycles. The van der Waals surface area contributed by atoms with E-state index in [1.807, 2.05) is 22.7 Å². The average Bonchev–Trinajstić information content (AvgIpc) is 3.94. The van der Waals surface area contributed by atoms with Gasteiger partial charge >= 0.3 is 0 Å². The van der Waals surface area contributed by atoms with Crippen molar-refractivity contribution in [2.24, 2.45) is 0 Å². The van der Waals surface area contributed by atoms with E-state index in [1.165, 1.54) is 74.3 Å². The van der Waals surface area contributed by atoms with Crippen molar-refractivity contribution in [3.05, 3.63) is 193 Å². The molecule has 0 N–H and O–H groups in total. The molecule has 0 aliphatic rings. The standard InChI is InChI=1S/C56H48N2S2/c1-55(2,3)39-31-37-33-46(50-28-30-52(60-50)58(43-23-15-9-16-24-43)44-25-17-10-18-26-44)48-36-40(56(4,5)6)32-38-34-45(47(35-39)53(37)54(38)48)49-27-29-51(59-49)57(41-19-11-7-12-20-41)42-21-13-8-14-22-42/h7-36H,1-6H3. The summed E-state index contributed by atoms with van der Waals surface area (Å²) < 4.78 is 0. The first-order valence-corrected chi connectivity index (χ1v) is 22.5. The highest BCUT2D eigenvalue weighted by Crippen LogP contribution is 2.51. The van der Waals surface area contributed by atoms with E-state index in [9.17, 15) is 0 Å². The van der Waals surface area contributed by atoms with Crippen LogP contribution in [0.1, 0.15) is 52.7 Å². The van der Waals surface area contributed by atoms with Gasteiger partial charge in [0.15, 0.2) is 0 Å². The second kappa shape index (κ2) is 14.8. The van der Waals surface area contributed by atoms with Gasteiger partial charge in [-0.2, -0.15) is 0 Å². The summed E-state index contributed by atoms with van der Waals surface area (Å²) in [5.41, 5.74) is 9.78. The Morgan fingerprint density at radius 2 is 0.667 bits per heavy atom. The first-order chi connectivity index (χ1) is 29.0. The lowest BCUT2D eigenvalue weighted by Gasteiger charge is -2.26. The average molecular weight is 813 g/mol. The third-order valence-corrected chi connectivity index (χ3v) is 13.9. The Kier molecular flexibility index (Phi) is 9.39. The number of nitrogens with zero attached hydrogens (tertiary/aromatic N) is 2. The molecule has 0 aliphatic heterocycles. The van der Waals surface area contributed by atoms with E-state index in [-0.39, 0.29) is 10.8 Å². The lowest BCUT2D eigenvalue weighted by atomic mass is 9.79. The predicted molar refractivity (Wildman–Crippen MR) is 264 cm³/mol. The van der Waals surface area contributed by atoms with Gasteiger partial charge in [0, 0.05) is 43.6 Å². The van der Waals surface area contributed by atoms with Crippen molar-refractivity contribution in [1.82, 2.24) is 0 Å². The van der Waals surface area contributed by atoms with Gasteiger partial charge in [-0.05, 0) is 151 Å². The van der Waals surface area contributed by atoms with Crippen LogP contribution >= 0.6 is 22.7 Å². The monoisotopic (exact) mass is 812 g/mol. The molecule has 0 radical (unpaired) electrons. The van der Waals surface area contributed by atoms with Crippen LogP contribution in [-0.2, 0) is 10.8 Å². The van der Waals surface area contributed by atoms with Crippen LogP contribution in [-0.4, -0.2) is 0 Å². The topological polar surface area (TPSA) is 6.48 Å². The molecular formula is C56H48N2S2. The molecule has 10 rings (SSSR count). The molecule has 0 fully saturated rings. The van der Waals surface area contributed by atoms with E-state index in [1.54, 1.807) is 0 Å². The van der Waals surface area contributed by atoms with Gasteiger partial charge in [0.25, 0.3) is 0 Å². The van der Waals surface area contributed by atoms with Gasteiger partial charge in [0.1, 0.15) is 10.0 Å². The minimum absolute atomic E-state index is 0.0404. The Balaban J connectivity index is 1.21. The Bertz CT molecular complexity index is 2800. The van der Waals surface area contributed by atoms with E-state index in [0.29, 0.717) is 0 Å². The molecule has 8 aromatic carbocycles. The number of hydrogen-bond donors (Lipinski definition) is 0. The van der Waals surface area contributed by atoms with Crippen molar-refractivity contribution < 1.29 is 0 Å². The molecule has 0 unspecified atom stereocenters. The van der Waals surface area contributed by atoms with E-state index in [2.05, 4.69) is 233 Å². The summed E-state index contributed by atoms with van der Waals surface area (Å²) in [7, 11) is 0. The largest absolute Gasteiger partial charge is 0.302 e. The molecular weight excluding hydrogens is 765 g/mol. The fraction of sp³-hybridized carbons (Fsp3) is 0.143. The van der Waals surface area contributed by atoms with Crippen molar-refractivity contribution in [3.63, 3.8) is 0 Å². The maximum atomic E-state index is 2.49. The summed E-state index contributed by atoms with van der Waals surface area (Å²) in [6, 6.07) is 67.1. The number of para-hydroxylation sites is 4. The molecule has 0 atom stereocenters. The van der Waals surface area contributed by atoms with Crippen molar-refractivity contribution in [1.29, 1.82) is 0 Å². The number of rotatable bonds is 8. The Hall–Kier alpha value is -6.20. The molecule has 0 spiro atoms. The van der Waals surface area contributed by atoms with Gasteiger partial charge in [-0.25, -0.2) is 0 Å². The maximum absolute atomic E-state index is 2.49. The molecule has 0 aliphatic carbocycles. The first kappa shape index (κ1) is 38.0. The number of benzene rings is 8. The van der Waals surface area contributed by atoms with Gasteiger partial charge in [0.2, 0.25) is 0 Å². The molecule has 2 nitrogen and oxygen atoms in total. The third-order valence-electron chi connectivity index (χ3n) is 11.7. The van der Waals surface area contributed by atoms with Gasteiger partial charge in [0.05, 0.1) is 0 Å². The Morgan fingerprint density at radius 3 is 0.967 bits per heavy atom. The minimum atomic E-state index is -0.0404. The van der Waals surface area contributed by atoms with Crippen LogP contribution in [0.25, 0.3) is 53.2 Å². The molecule has 0 saturated heterocycles. The van der Waals surface area contributed by atoms with Crippen molar-refractivity contribution in [2.75, 3.05) is 9.80 Å². The number of anilines is 6. The van der Waals surface area contributed by atoms with E-state index in [4.69, 9.17) is 0 Å². The summed E-state index contributed by atoms with van der Waals surface area (Å²) >= 11 is 3.73. The normalized spacial score (nSPS) is 12.2. The molecule has 10 aromatic rings. The highest BCUT2D eigenvalue weighted by atomic mass is 32.1. The number of thiophene rings is 2. The van der Waals surface area contributed by atoms with Gasteiger partial charge in [-0.3, -0.25) is 0 Å². The fourth-order valence-corrected chi connectivity index (χ4v) is 10.7. The Morgan fingerprint density at radius 1 is 0.350 bits per heavy atom. The summed E-state index contributed by atoms with van der Waals surface area (Å²) in [5, 5.41) is 10.3. The van der Waals surface area contributed by atoms with E-state index >= 15 is 0 Å². The molecule has 2 heterocycles. The second-order valence-corrected chi connectivity index (χ2v) is 20.0. The zero-order valence-corrected chi connectivity index (χ0v) is 36.7. The quantitative estimate of drug-likeness (QED) is 0.141. The lowest BCUT2D eigenvalue weighted by molar-refractivity contribution is 0.591. The maximum Gasteiger partial charge on any atom is 0.101 e. The SMILES string of the molecule is CC(C)(C)c1cc2cc(-c3ccc(N(c4ccccc4)c4ccccc4)s3)c3cc(C(C)(C)C)cc4cc(-c5ccc(N(c6ccccc6)c6ccccc6)s5)c(c1)c2c43. The summed E-state index contributed by atoms with van der Waals surface area (Å²) in [6.45, 7) is 14.0. The van der Waals surface area contributed by atoms with E-state index in [0.717, 1.165) is 22.7 Å². The van der Waals surface area contributed by atoms with Gasteiger partial charge < -0.3 is 9.80 Å². The Labute approximate surface area is 362 Å². The van der Waals surface area contributed by atoms with Crippen LogP contribution in [0, 0.1) is 0 Å². The third kappa shape index (κ3) is 6.84. The summed E-state index contributed by atoms with van der Waals surface area (Å²) in [5.74, 6) is 0. The summed E-state index contributed by atoms with van der Waals surface area (Å²) in [6.07, 6.45) is 0. The first-order valence-electron chi connectivity index (χ1n) is 20.8. The minimum Gasteiger partial charge on any atom is -0.302 e. The molecule has 0 bridgehead atoms. The molecule has 4 heteroatoms. The van der Waals surface area contributed by atoms with E-state index < -0.39 is 0 Å². The van der Waals surface area contributed by atoms with Crippen molar-refractivity contribution in [3.8, 4) is 20.9 Å². The highest BCUT2D eigenvalue weighted by molar-refractivity contribution is 7.20. The van der Waals surface area contributed by atoms with Crippen LogP contribution in [0.2, 0.25) is 0 Å². The van der Waals surface area contributed by atoms with Crippen LogP contribution in [0.3, 0.4) is 0 Å². The molecule has 294 valence electrons. The second-order valence-electron chi connectivity index (χ2n) is 17.9. The van der Waals surface area contributed by atoms with Crippen LogP contribution < -0.4 is 9.80 Å². The molecule has 60 heavy (non-hydrogen) atoms. The van der Waals surface area contributed by atoms with Gasteiger partial charge in [-0.1, -0.05) is 126 Å². The highest BCUT2D eigenvalue weighted by Gasteiger charge is 2.26. The van der Waals surface area contributed by atoms with Crippen LogP contribution in [0.15, 0.2) is 182 Å². The smallest absolute Gasteiger partial charge is 0.101 e. The van der Waals surface area contributed by atoms with Crippen molar-refractivity contribution in [2.45, 2.75) is 52.4 Å². The lowest BCUT2D eigenvalue weighted by Crippen LogP contribution is -2.12. The molecule has 0 saturated carbocycles. The van der Waals surface area contributed by atoms with Crippen LogP contribution in [0.5, 0.6) is 0 Å². The predicted octanol–water partition coefficient (Wildman–Crippen LogP) is 17.6. The fourth-order valence-electron chi connectivity index (χ4n) is 8.58. The number of hydrogen-bond acceptors (Lipinski definition) is 4. The van der Waals surface area contributed by atoms with Gasteiger partial charge in [-0.15, -0.1) is 22.7 Å². The van der Waals surface area contributed by atoms with Crippen LogP contribution in [0.4, 0.5) is 32.8 Å². The summed E-state index contributed by atoms with van der Waals surface area (Å²) in [4.78, 5) is 7.29. The van der Waals surface area contributed by atoms with Crippen molar-refractivity contribution >= 4 is 87.7 Å². The molecule has 0 amide bonds.